The molecule has 0 saturated carbocycles. The van der Waals surface area contributed by atoms with Crippen molar-refractivity contribution in [2.45, 2.75) is 12.2 Å². The van der Waals surface area contributed by atoms with Crippen LogP contribution in [0.2, 0.25) is 0 Å². The molecule has 2 nitrogen and oxygen atoms in total. The van der Waals surface area contributed by atoms with Crippen LogP contribution in [-0.4, -0.2) is 24.0 Å². The van der Waals surface area contributed by atoms with Crippen molar-refractivity contribution >= 4 is 29.1 Å². The van der Waals surface area contributed by atoms with E-state index in [0.29, 0.717) is 0 Å². The van der Waals surface area contributed by atoms with Crippen LogP contribution in [0, 0.1) is 0 Å². The van der Waals surface area contributed by atoms with E-state index in [0.717, 1.165) is 36.1 Å². The van der Waals surface area contributed by atoms with Gasteiger partial charge in [-0.2, -0.15) is 11.8 Å². The third-order valence-electron chi connectivity index (χ3n) is 3.19. The van der Waals surface area contributed by atoms with Crippen molar-refractivity contribution in [3.8, 4) is 0 Å². The van der Waals surface area contributed by atoms with Crippen molar-refractivity contribution in [1.29, 1.82) is 0 Å². The summed E-state index contributed by atoms with van der Waals surface area (Å²) in [7, 11) is 0. The van der Waals surface area contributed by atoms with Gasteiger partial charge in [-0.05, 0) is 29.8 Å². The van der Waals surface area contributed by atoms with Gasteiger partial charge < -0.3 is 10.6 Å². The highest BCUT2D eigenvalue weighted by Crippen LogP contribution is 2.10. The zero-order valence-electron chi connectivity index (χ0n) is 12.6. The maximum Gasteiger partial charge on any atom is 0.166 e. The molecule has 2 aromatic carbocycles. The zero-order valence-corrected chi connectivity index (χ0v) is 14.3. The van der Waals surface area contributed by atoms with Crippen LogP contribution >= 0.6 is 24.0 Å². The molecule has 0 aliphatic heterocycles. The second kappa shape index (κ2) is 10.2. The molecule has 0 atom stereocenters. The topological polar surface area (TPSA) is 24.1 Å². The van der Waals surface area contributed by atoms with Crippen LogP contribution in [0.3, 0.4) is 0 Å². The summed E-state index contributed by atoms with van der Waals surface area (Å²) in [5.41, 5.74) is 2.70. The highest BCUT2D eigenvalue weighted by molar-refractivity contribution is 7.98. The molecule has 0 aliphatic rings. The van der Waals surface area contributed by atoms with Gasteiger partial charge in [0.15, 0.2) is 5.11 Å². The Kier molecular flexibility index (Phi) is 7.85. The Balaban J connectivity index is 1.49. The normalized spacial score (nSPS) is 10.2. The molecule has 0 heterocycles. The van der Waals surface area contributed by atoms with Crippen molar-refractivity contribution in [2.75, 3.05) is 18.8 Å². The van der Waals surface area contributed by atoms with Crippen LogP contribution in [0.4, 0.5) is 0 Å². The van der Waals surface area contributed by atoms with E-state index < -0.39 is 0 Å². The van der Waals surface area contributed by atoms with E-state index in [4.69, 9.17) is 12.2 Å². The maximum absolute atomic E-state index is 5.28. The molecule has 2 aromatic rings. The third-order valence-corrected chi connectivity index (χ3v) is 4.50. The fraction of sp³-hybridized carbons (Fsp3) is 0.278. The summed E-state index contributed by atoms with van der Waals surface area (Å²) in [5, 5.41) is 7.25. The lowest BCUT2D eigenvalue weighted by molar-refractivity contribution is 0.831. The zero-order chi connectivity index (χ0) is 15.5. The van der Waals surface area contributed by atoms with Gasteiger partial charge in [-0.25, -0.2) is 0 Å². The van der Waals surface area contributed by atoms with Gasteiger partial charge in [-0.1, -0.05) is 60.7 Å². The van der Waals surface area contributed by atoms with Crippen molar-refractivity contribution in [2.24, 2.45) is 0 Å². The third kappa shape index (κ3) is 6.96. The lowest BCUT2D eigenvalue weighted by Gasteiger charge is -2.10. The molecule has 0 amide bonds. The first-order chi connectivity index (χ1) is 10.8. The van der Waals surface area contributed by atoms with Crippen LogP contribution in [0.5, 0.6) is 0 Å². The highest BCUT2D eigenvalue weighted by Gasteiger charge is 1.97. The fourth-order valence-electron chi connectivity index (χ4n) is 2.03. The monoisotopic (exact) mass is 330 g/mol. The average molecular weight is 331 g/mol. The van der Waals surface area contributed by atoms with Gasteiger partial charge in [0, 0.05) is 24.6 Å². The number of thioether (sulfide) groups is 1. The second-order valence-electron chi connectivity index (χ2n) is 4.96. The minimum absolute atomic E-state index is 0.747. The van der Waals surface area contributed by atoms with Gasteiger partial charge in [0.05, 0.1) is 0 Å². The first-order valence-electron chi connectivity index (χ1n) is 7.52. The van der Waals surface area contributed by atoms with Crippen molar-refractivity contribution < 1.29 is 0 Å². The summed E-state index contributed by atoms with van der Waals surface area (Å²) >= 11 is 7.20. The van der Waals surface area contributed by atoms with Crippen LogP contribution in [0.25, 0.3) is 0 Å². The van der Waals surface area contributed by atoms with E-state index in [-0.39, 0.29) is 0 Å². The van der Waals surface area contributed by atoms with Gasteiger partial charge >= 0.3 is 0 Å². The minimum atomic E-state index is 0.747. The van der Waals surface area contributed by atoms with Crippen molar-refractivity contribution in [3.05, 3.63) is 71.8 Å². The molecule has 0 radical (unpaired) electrons. The number of nitrogens with one attached hydrogen (secondary N) is 2. The molecule has 0 bridgehead atoms. The van der Waals surface area contributed by atoms with Crippen molar-refractivity contribution in [3.63, 3.8) is 0 Å². The summed E-state index contributed by atoms with van der Waals surface area (Å²) in [6, 6.07) is 21.0. The molecule has 22 heavy (non-hydrogen) atoms. The van der Waals surface area contributed by atoms with Crippen LogP contribution < -0.4 is 10.6 Å². The number of rotatable bonds is 8. The van der Waals surface area contributed by atoms with Crippen LogP contribution in [0.15, 0.2) is 60.7 Å². The number of hydrogen-bond donors (Lipinski definition) is 2. The fourth-order valence-corrected chi connectivity index (χ4v) is 3.05. The lowest BCUT2D eigenvalue weighted by Crippen LogP contribution is -2.37. The summed E-state index contributed by atoms with van der Waals surface area (Å²) in [4.78, 5) is 0. The summed E-state index contributed by atoms with van der Waals surface area (Å²) < 4.78 is 0. The Hall–Kier alpha value is -1.52. The second-order valence-corrected chi connectivity index (χ2v) is 6.47. The first kappa shape index (κ1) is 16.8. The number of benzene rings is 2. The molecule has 4 heteroatoms. The van der Waals surface area contributed by atoms with Gasteiger partial charge in [-0.15, -0.1) is 0 Å². The Labute approximate surface area is 142 Å². The predicted molar refractivity (Wildman–Crippen MR) is 101 cm³/mol. The van der Waals surface area contributed by atoms with Crippen molar-refractivity contribution in [1.82, 2.24) is 10.6 Å². The minimum Gasteiger partial charge on any atom is -0.362 e. The summed E-state index contributed by atoms with van der Waals surface area (Å²) in [5.74, 6) is 2.10. The standard InChI is InChI=1S/C18H22N2S2/c21-18(19-12-11-16-7-3-1-4-8-16)20-13-14-22-15-17-9-5-2-6-10-17/h1-10H,11-15H2,(H2,19,20,21). The molecule has 2 rings (SSSR count). The molecular formula is C18H22N2S2. The van der Waals surface area contributed by atoms with Gasteiger partial charge in [0.1, 0.15) is 0 Å². The molecule has 0 fully saturated rings. The van der Waals surface area contributed by atoms with E-state index in [2.05, 4.69) is 65.2 Å². The Bertz CT molecular complexity index is 544. The molecule has 0 saturated heterocycles. The number of thiocarbonyl (C=S) groups is 1. The lowest BCUT2D eigenvalue weighted by atomic mass is 10.1. The first-order valence-corrected chi connectivity index (χ1v) is 9.08. The van der Waals surface area contributed by atoms with E-state index in [1.807, 2.05) is 17.8 Å². The largest absolute Gasteiger partial charge is 0.362 e. The predicted octanol–water partition coefficient (Wildman–Crippen LogP) is 3.63. The summed E-state index contributed by atoms with van der Waals surface area (Å²) in [6.07, 6.45) is 0.991. The quantitative estimate of drug-likeness (QED) is 0.570. The molecule has 2 N–H and O–H groups in total. The molecular weight excluding hydrogens is 308 g/mol. The Morgan fingerprint density at radius 3 is 2.09 bits per heavy atom. The van der Waals surface area contributed by atoms with Crippen LogP contribution in [-0.2, 0) is 12.2 Å². The highest BCUT2D eigenvalue weighted by atomic mass is 32.2. The van der Waals surface area contributed by atoms with Gasteiger partial charge in [0.25, 0.3) is 0 Å². The average Bonchev–Trinajstić information content (AvgIpc) is 2.56. The van der Waals surface area contributed by atoms with E-state index in [1.54, 1.807) is 0 Å². The maximum atomic E-state index is 5.28. The SMILES string of the molecule is S=C(NCCSCc1ccccc1)NCCc1ccccc1. The Morgan fingerprint density at radius 1 is 0.818 bits per heavy atom. The molecule has 0 spiro atoms. The molecule has 0 unspecified atom stereocenters. The van der Waals surface area contributed by atoms with Gasteiger partial charge in [-0.3, -0.25) is 0 Å². The molecule has 0 aliphatic carbocycles. The van der Waals surface area contributed by atoms with E-state index in [9.17, 15) is 0 Å². The molecule has 0 aromatic heterocycles. The van der Waals surface area contributed by atoms with E-state index >= 15 is 0 Å². The number of hydrogen-bond acceptors (Lipinski definition) is 2. The van der Waals surface area contributed by atoms with E-state index in [1.165, 1.54) is 11.1 Å². The van der Waals surface area contributed by atoms with Gasteiger partial charge in [0.2, 0.25) is 0 Å². The smallest absolute Gasteiger partial charge is 0.166 e. The molecule has 116 valence electrons. The Morgan fingerprint density at radius 2 is 1.41 bits per heavy atom. The van der Waals surface area contributed by atoms with Crippen LogP contribution in [0.1, 0.15) is 11.1 Å². The summed E-state index contributed by atoms with van der Waals surface area (Å²) in [6.45, 7) is 1.77.